The molecule has 0 aliphatic heterocycles. The Hall–Kier alpha value is -1.52. The summed E-state index contributed by atoms with van der Waals surface area (Å²) in [5.41, 5.74) is 6.10. The number of nitrogens with zero attached hydrogens (tertiary/aromatic N) is 2. The third-order valence-corrected chi connectivity index (χ3v) is 4.17. The third-order valence-electron chi connectivity index (χ3n) is 4.17. The molecule has 1 fully saturated rings. The second kappa shape index (κ2) is 5.63. The minimum Gasteiger partial charge on any atom is -0.271 e. The van der Waals surface area contributed by atoms with Crippen LogP contribution in [0.2, 0.25) is 0 Å². The number of para-hydroxylation sites is 1. The highest BCUT2D eigenvalue weighted by molar-refractivity contribution is 5.78. The van der Waals surface area contributed by atoms with Gasteiger partial charge in [-0.25, -0.2) is 0 Å². The number of fused-ring (bicyclic) bond motifs is 1. The first kappa shape index (κ1) is 12.5. The van der Waals surface area contributed by atoms with Gasteiger partial charge in [-0.15, -0.1) is 0 Å². The molecule has 100 valence electrons. The zero-order valence-corrected chi connectivity index (χ0v) is 11.0. The van der Waals surface area contributed by atoms with Gasteiger partial charge in [0.25, 0.3) is 0 Å². The quantitative estimate of drug-likeness (QED) is 0.654. The van der Waals surface area contributed by atoms with Gasteiger partial charge >= 0.3 is 0 Å². The number of hydrogen-bond donors (Lipinski definition) is 2. The van der Waals surface area contributed by atoms with Crippen molar-refractivity contribution in [3.05, 3.63) is 36.2 Å². The first-order valence-corrected chi connectivity index (χ1v) is 7.06. The van der Waals surface area contributed by atoms with Crippen molar-refractivity contribution in [2.75, 3.05) is 0 Å². The summed E-state index contributed by atoms with van der Waals surface area (Å²) in [6.45, 7) is 0. The van der Waals surface area contributed by atoms with E-state index in [1.807, 2.05) is 12.1 Å². The number of rotatable bonds is 3. The van der Waals surface area contributed by atoms with Crippen LogP contribution in [0.5, 0.6) is 0 Å². The molecule has 1 aromatic heterocycles. The summed E-state index contributed by atoms with van der Waals surface area (Å²) < 4.78 is 0. The zero-order chi connectivity index (χ0) is 13.1. The van der Waals surface area contributed by atoms with Crippen LogP contribution < -0.4 is 11.3 Å². The Bertz CT molecular complexity index is 543. The molecule has 1 saturated carbocycles. The number of nitrogens with one attached hydrogen (secondary N) is 1. The second-order valence-corrected chi connectivity index (χ2v) is 5.31. The van der Waals surface area contributed by atoms with Crippen LogP contribution in [0.4, 0.5) is 0 Å². The van der Waals surface area contributed by atoms with Crippen LogP contribution in [0, 0.1) is 5.92 Å². The molecule has 19 heavy (non-hydrogen) atoms. The van der Waals surface area contributed by atoms with Crippen LogP contribution in [0.1, 0.15) is 43.7 Å². The molecule has 1 heterocycles. The summed E-state index contributed by atoms with van der Waals surface area (Å²) in [5, 5.41) is 0. The second-order valence-electron chi connectivity index (χ2n) is 5.31. The lowest BCUT2D eigenvalue weighted by Crippen LogP contribution is -2.34. The Morgan fingerprint density at radius 1 is 1.11 bits per heavy atom. The van der Waals surface area contributed by atoms with E-state index < -0.39 is 0 Å². The number of hydrogen-bond acceptors (Lipinski definition) is 4. The minimum atomic E-state index is 0.181. The fourth-order valence-electron chi connectivity index (χ4n) is 3.21. The average Bonchev–Trinajstić information content (AvgIpc) is 2.49. The molecule has 0 radical (unpaired) electrons. The van der Waals surface area contributed by atoms with E-state index in [1.54, 1.807) is 12.4 Å². The number of nitrogens with two attached hydrogens (primary N) is 1. The van der Waals surface area contributed by atoms with Crippen molar-refractivity contribution in [3.63, 3.8) is 0 Å². The molecule has 2 aromatic rings. The first-order valence-electron chi connectivity index (χ1n) is 7.06. The van der Waals surface area contributed by atoms with Gasteiger partial charge < -0.3 is 0 Å². The molecule has 0 bridgehead atoms. The molecule has 3 N–H and O–H groups in total. The fourth-order valence-corrected chi connectivity index (χ4v) is 3.21. The lowest BCUT2D eigenvalue weighted by molar-refractivity contribution is 0.274. The number of benzene rings is 1. The molecule has 4 heteroatoms. The summed E-state index contributed by atoms with van der Waals surface area (Å²) in [6.07, 6.45) is 9.93. The first-order chi connectivity index (χ1) is 9.40. The van der Waals surface area contributed by atoms with Crippen LogP contribution in [0.15, 0.2) is 30.6 Å². The normalized spacial score (nSPS) is 18.6. The summed E-state index contributed by atoms with van der Waals surface area (Å²) in [5.74, 6) is 6.43. The lowest BCUT2D eigenvalue weighted by atomic mass is 9.81. The molecule has 0 saturated heterocycles. The molecular formula is C15H20N4. The van der Waals surface area contributed by atoms with Crippen molar-refractivity contribution in [2.45, 2.75) is 38.1 Å². The van der Waals surface area contributed by atoms with Crippen LogP contribution >= 0.6 is 0 Å². The van der Waals surface area contributed by atoms with Gasteiger partial charge in [-0.05, 0) is 30.4 Å². The van der Waals surface area contributed by atoms with Crippen LogP contribution in [-0.4, -0.2) is 9.97 Å². The highest BCUT2D eigenvalue weighted by Crippen LogP contribution is 2.35. The van der Waals surface area contributed by atoms with Gasteiger partial charge in [-0.3, -0.25) is 21.2 Å². The highest BCUT2D eigenvalue weighted by Gasteiger charge is 2.25. The predicted molar refractivity (Wildman–Crippen MR) is 76.2 cm³/mol. The summed E-state index contributed by atoms with van der Waals surface area (Å²) in [4.78, 5) is 8.86. The smallest absolute Gasteiger partial charge is 0.0935 e. The minimum absolute atomic E-state index is 0.181. The standard InChI is InChI=1S/C15H20N4/c16-19-14(11-5-2-1-3-6-11)12-7-4-8-13-15(12)18-10-9-17-13/h4,7-11,14,19H,1-3,5-6,16H2. The van der Waals surface area contributed by atoms with Gasteiger partial charge in [0.2, 0.25) is 0 Å². The van der Waals surface area contributed by atoms with Crippen LogP contribution in [0.3, 0.4) is 0 Å². The Labute approximate surface area is 113 Å². The maximum atomic E-state index is 5.83. The van der Waals surface area contributed by atoms with Crippen molar-refractivity contribution in [2.24, 2.45) is 11.8 Å². The molecule has 3 rings (SSSR count). The molecule has 4 nitrogen and oxygen atoms in total. The van der Waals surface area contributed by atoms with Gasteiger partial charge in [0, 0.05) is 12.4 Å². The van der Waals surface area contributed by atoms with Crippen molar-refractivity contribution in [1.29, 1.82) is 0 Å². The van der Waals surface area contributed by atoms with Gasteiger partial charge in [0.1, 0.15) is 0 Å². The molecule has 0 spiro atoms. The summed E-state index contributed by atoms with van der Waals surface area (Å²) in [7, 11) is 0. The summed E-state index contributed by atoms with van der Waals surface area (Å²) >= 11 is 0. The zero-order valence-electron chi connectivity index (χ0n) is 11.0. The van der Waals surface area contributed by atoms with E-state index >= 15 is 0 Å². The number of aromatic nitrogens is 2. The van der Waals surface area contributed by atoms with Crippen molar-refractivity contribution < 1.29 is 0 Å². The molecule has 0 amide bonds. The van der Waals surface area contributed by atoms with Gasteiger partial charge in [-0.2, -0.15) is 0 Å². The lowest BCUT2D eigenvalue weighted by Gasteiger charge is -2.30. The highest BCUT2D eigenvalue weighted by atomic mass is 15.2. The van der Waals surface area contributed by atoms with Crippen molar-refractivity contribution in [3.8, 4) is 0 Å². The predicted octanol–water partition coefficient (Wildman–Crippen LogP) is 2.71. The maximum Gasteiger partial charge on any atom is 0.0935 e. The Morgan fingerprint density at radius 3 is 2.68 bits per heavy atom. The van der Waals surface area contributed by atoms with E-state index in [1.165, 1.54) is 37.7 Å². The van der Waals surface area contributed by atoms with Gasteiger partial charge in [0.05, 0.1) is 17.1 Å². The molecule has 1 unspecified atom stereocenters. The Kier molecular flexibility index (Phi) is 3.71. The van der Waals surface area contributed by atoms with E-state index in [9.17, 15) is 0 Å². The van der Waals surface area contributed by atoms with Crippen LogP contribution in [0.25, 0.3) is 11.0 Å². The maximum absolute atomic E-state index is 5.83. The molecule has 1 aliphatic carbocycles. The average molecular weight is 256 g/mol. The fraction of sp³-hybridized carbons (Fsp3) is 0.467. The van der Waals surface area contributed by atoms with Crippen LogP contribution in [-0.2, 0) is 0 Å². The number of hydrazine groups is 1. The monoisotopic (exact) mass is 256 g/mol. The summed E-state index contributed by atoms with van der Waals surface area (Å²) in [6, 6.07) is 6.34. The molecular weight excluding hydrogens is 236 g/mol. The van der Waals surface area contributed by atoms with Gasteiger partial charge in [0.15, 0.2) is 0 Å². The topological polar surface area (TPSA) is 63.8 Å². The Balaban J connectivity index is 2.00. The van der Waals surface area contributed by atoms with E-state index in [4.69, 9.17) is 5.84 Å². The van der Waals surface area contributed by atoms with E-state index in [0.29, 0.717) is 5.92 Å². The van der Waals surface area contributed by atoms with Crippen molar-refractivity contribution >= 4 is 11.0 Å². The van der Waals surface area contributed by atoms with E-state index in [2.05, 4.69) is 21.5 Å². The van der Waals surface area contributed by atoms with E-state index in [-0.39, 0.29) is 6.04 Å². The molecule has 1 aliphatic rings. The van der Waals surface area contributed by atoms with Crippen molar-refractivity contribution in [1.82, 2.24) is 15.4 Å². The van der Waals surface area contributed by atoms with E-state index in [0.717, 1.165) is 11.0 Å². The molecule has 1 atom stereocenters. The Morgan fingerprint density at radius 2 is 1.89 bits per heavy atom. The molecule has 1 aromatic carbocycles. The van der Waals surface area contributed by atoms with Gasteiger partial charge in [-0.1, -0.05) is 31.4 Å². The SMILES string of the molecule is NNC(c1cccc2nccnc12)C1CCCCC1. The third kappa shape index (κ3) is 2.46. The largest absolute Gasteiger partial charge is 0.271 e.